The normalized spacial score (nSPS) is 14.6. The lowest BCUT2D eigenvalue weighted by Gasteiger charge is -2.35. The van der Waals surface area contributed by atoms with E-state index in [1.165, 1.54) is 4.88 Å². The molecule has 0 atom stereocenters. The fourth-order valence-corrected chi connectivity index (χ4v) is 5.16. The first-order valence-corrected chi connectivity index (χ1v) is 11.7. The SMILES string of the molecule is CCc1cc2c(N3CCN(C(=O)CCCn4ncc5ccccc54)CC3)ncnc2s1. The first-order chi connectivity index (χ1) is 15.2. The van der Waals surface area contributed by atoms with E-state index >= 15 is 0 Å². The maximum absolute atomic E-state index is 12.7. The van der Waals surface area contributed by atoms with Crippen LogP contribution in [0.5, 0.6) is 0 Å². The van der Waals surface area contributed by atoms with Gasteiger partial charge in [0.25, 0.3) is 0 Å². The molecule has 0 spiro atoms. The van der Waals surface area contributed by atoms with Crippen LogP contribution in [-0.2, 0) is 17.8 Å². The highest BCUT2D eigenvalue weighted by atomic mass is 32.1. The summed E-state index contributed by atoms with van der Waals surface area (Å²) in [4.78, 5) is 28.4. The molecule has 1 aromatic carbocycles. The van der Waals surface area contributed by atoms with Crippen LogP contribution < -0.4 is 4.90 Å². The molecule has 1 amide bonds. The number of aryl methyl sites for hydroxylation is 2. The third kappa shape index (κ3) is 3.99. The van der Waals surface area contributed by atoms with Crippen LogP contribution in [-0.4, -0.2) is 56.7 Å². The Morgan fingerprint density at radius 2 is 1.97 bits per heavy atom. The summed E-state index contributed by atoms with van der Waals surface area (Å²) in [5, 5.41) is 6.73. The van der Waals surface area contributed by atoms with Gasteiger partial charge in [-0.25, -0.2) is 9.97 Å². The fourth-order valence-electron chi connectivity index (χ4n) is 4.23. The first-order valence-electron chi connectivity index (χ1n) is 10.9. The van der Waals surface area contributed by atoms with Crippen LogP contribution in [0.2, 0.25) is 0 Å². The van der Waals surface area contributed by atoms with Gasteiger partial charge >= 0.3 is 0 Å². The van der Waals surface area contributed by atoms with Gasteiger partial charge in [-0.05, 0) is 25.0 Å². The molecule has 0 radical (unpaired) electrons. The summed E-state index contributed by atoms with van der Waals surface area (Å²) in [6.07, 6.45) is 5.90. The molecule has 7 nitrogen and oxygen atoms in total. The van der Waals surface area contributed by atoms with E-state index in [1.807, 2.05) is 27.9 Å². The van der Waals surface area contributed by atoms with Crippen LogP contribution in [0.3, 0.4) is 0 Å². The zero-order valence-corrected chi connectivity index (χ0v) is 18.5. The van der Waals surface area contributed by atoms with E-state index in [1.54, 1.807) is 17.7 Å². The molecule has 31 heavy (non-hydrogen) atoms. The van der Waals surface area contributed by atoms with Gasteiger partial charge in [0.15, 0.2) is 0 Å². The lowest BCUT2D eigenvalue weighted by molar-refractivity contribution is -0.131. The maximum Gasteiger partial charge on any atom is 0.222 e. The number of amides is 1. The Balaban J connectivity index is 1.16. The van der Waals surface area contributed by atoms with Gasteiger partial charge in [-0.2, -0.15) is 5.10 Å². The number of anilines is 1. The molecule has 0 aliphatic carbocycles. The molecule has 160 valence electrons. The molecule has 1 aliphatic rings. The van der Waals surface area contributed by atoms with E-state index in [9.17, 15) is 4.79 Å². The molecular weight excluding hydrogens is 408 g/mol. The Kier molecular flexibility index (Phi) is 5.55. The monoisotopic (exact) mass is 434 g/mol. The highest BCUT2D eigenvalue weighted by molar-refractivity contribution is 7.18. The summed E-state index contributed by atoms with van der Waals surface area (Å²) in [6.45, 7) is 6.00. The van der Waals surface area contributed by atoms with Crippen molar-refractivity contribution < 1.29 is 4.79 Å². The molecule has 4 heterocycles. The van der Waals surface area contributed by atoms with Crippen molar-refractivity contribution in [2.24, 2.45) is 0 Å². The Bertz CT molecular complexity index is 1210. The van der Waals surface area contributed by atoms with E-state index in [2.05, 4.69) is 45.1 Å². The number of benzene rings is 1. The molecule has 0 unspecified atom stereocenters. The number of piperazine rings is 1. The minimum absolute atomic E-state index is 0.229. The second-order valence-electron chi connectivity index (χ2n) is 7.88. The molecule has 1 fully saturated rings. The molecule has 5 rings (SSSR count). The van der Waals surface area contributed by atoms with Gasteiger partial charge in [-0.1, -0.05) is 25.1 Å². The molecule has 0 saturated carbocycles. The smallest absolute Gasteiger partial charge is 0.222 e. The zero-order chi connectivity index (χ0) is 21.2. The largest absolute Gasteiger partial charge is 0.352 e. The second-order valence-corrected chi connectivity index (χ2v) is 9.00. The number of hydrogen-bond acceptors (Lipinski definition) is 6. The van der Waals surface area contributed by atoms with Gasteiger partial charge in [0.05, 0.1) is 17.1 Å². The second kappa shape index (κ2) is 8.63. The van der Waals surface area contributed by atoms with Crippen molar-refractivity contribution in [1.82, 2.24) is 24.6 Å². The third-order valence-corrected chi connectivity index (χ3v) is 7.14. The molecule has 0 bridgehead atoms. The van der Waals surface area contributed by atoms with E-state index in [4.69, 9.17) is 0 Å². The van der Waals surface area contributed by atoms with Gasteiger partial charge in [0.1, 0.15) is 17.0 Å². The van der Waals surface area contributed by atoms with E-state index < -0.39 is 0 Å². The van der Waals surface area contributed by atoms with E-state index in [0.717, 1.165) is 72.5 Å². The van der Waals surface area contributed by atoms with Gasteiger partial charge in [0, 0.05) is 49.4 Å². The van der Waals surface area contributed by atoms with Crippen LogP contribution in [0.1, 0.15) is 24.6 Å². The topological polar surface area (TPSA) is 67.2 Å². The van der Waals surface area contributed by atoms with Crippen LogP contribution >= 0.6 is 11.3 Å². The van der Waals surface area contributed by atoms with Crippen LogP contribution in [0, 0.1) is 0 Å². The Labute approximate surface area is 185 Å². The number of hydrogen-bond donors (Lipinski definition) is 0. The molecule has 3 aromatic heterocycles. The number of nitrogens with zero attached hydrogens (tertiary/aromatic N) is 6. The number of fused-ring (bicyclic) bond motifs is 2. The summed E-state index contributed by atoms with van der Waals surface area (Å²) in [5.41, 5.74) is 1.12. The predicted molar refractivity (Wildman–Crippen MR) is 125 cm³/mol. The standard InChI is InChI=1S/C23H26N6OS/c1-2-18-14-19-22(24-16-25-23(19)31-18)28-12-10-27(11-13-28)21(30)8-5-9-29-20-7-4-3-6-17(20)15-26-29/h3-4,6-7,14-16H,2,5,8-13H2,1H3. The van der Waals surface area contributed by atoms with Crippen molar-refractivity contribution >= 4 is 44.2 Å². The number of rotatable bonds is 6. The van der Waals surface area contributed by atoms with Crippen molar-refractivity contribution in [3.8, 4) is 0 Å². The van der Waals surface area contributed by atoms with Gasteiger partial charge < -0.3 is 9.80 Å². The molecule has 1 saturated heterocycles. The fraction of sp³-hybridized carbons (Fsp3) is 0.391. The Morgan fingerprint density at radius 3 is 2.81 bits per heavy atom. The lowest BCUT2D eigenvalue weighted by atomic mass is 10.2. The molecule has 4 aromatic rings. The Morgan fingerprint density at radius 1 is 1.13 bits per heavy atom. The van der Waals surface area contributed by atoms with Gasteiger partial charge in [0.2, 0.25) is 5.91 Å². The quantitative estimate of drug-likeness (QED) is 0.463. The average molecular weight is 435 g/mol. The van der Waals surface area contributed by atoms with Crippen LogP contribution in [0.25, 0.3) is 21.1 Å². The number of thiophene rings is 1. The summed E-state index contributed by atoms with van der Waals surface area (Å²) >= 11 is 1.74. The summed E-state index contributed by atoms with van der Waals surface area (Å²) in [7, 11) is 0. The number of aromatic nitrogens is 4. The minimum Gasteiger partial charge on any atom is -0.352 e. The maximum atomic E-state index is 12.7. The summed E-state index contributed by atoms with van der Waals surface area (Å²) < 4.78 is 1.99. The summed E-state index contributed by atoms with van der Waals surface area (Å²) in [5.74, 6) is 1.23. The third-order valence-electron chi connectivity index (χ3n) is 5.95. The number of carbonyl (C=O) groups is 1. The molecule has 0 N–H and O–H groups in total. The lowest BCUT2D eigenvalue weighted by Crippen LogP contribution is -2.49. The molecular formula is C23H26N6OS. The van der Waals surface area contributed by atoms with Crippen LogP contribution in [0.15, 0.2) is 42.9 Å². The van der Waals surface area contributed by atoms with E-state index in [0.29, 0.717) is 6.42 Å². The van der Waals surface area contributed by atoms with Crippen LogP contribution in [0.4, 0.5) is 5.82 Å². The van der Waals surface area contributed by atoms with Crippen molar-refractivity contribution in [3.63, 3.8) is 0 Å². The summed E-state index contributed by atoms with van der Waals surface area (Å²) in [6, 6.07) is 10.4. The van der Waals surface area contributed by atoms with Crippen molar-refractivity contribution in [1.29, 1.82) is 0 Å². The molecule has 1 aliphatic heterocycles. The first kappa shape index (κ1) is 19.9. The van der Waals surface area contributed by atoms with Gasteiger partial charge in [-0.15, -0.1) is 11.3 Å². The molecule has 8 heteroatoms. The van der Waals surface area contributed by atoms with Gasteiger partial charge in [-0.3, -0.25) is 9.48 Å². The van der Waals surface area contributed by atoms with E-state index in [-0.39, 0.29) is 5.91 Å². The zero-order valence-electron chi connectivity index (χ0n) is 17.7. The van der Waals surface area contributed by atoms with Crippen molar-refractivity contribution in [2.75, 3.05) is 31.1 Å². The number of para-hydroxylation sites is 1. The Hall–Kier alpha value is -3.00. The highest BCUT2D eigenvalue weighted by Gasteiger charge is 2.23. The predicted octanol–water partition coefficient (Wildman–Crippen LogP) is 3.73. The van der Waals surface area contributed by atoms with Crippen molar-refractivity contribution in [3.05, 3.63) is 47.7 Å². The average Bonchev–Trinajstić information content (AvgIpc) is 3.43. The van der Waals surface area contributed by atoms with Crippen molar-refractivity contribution in [2.45, 2.75) is 32.7 Å². The highest BCUT2D eigenvalue weighted by Crippen LogP contribution is 2.31. The minimum atomic E-state index is 0.229. The number of carbonyl (C=O) groups excluding carboxylic acids is 1.